The smallest absolute Gasteiger partial charge is 0.0435 e. The van der Waals surface area contributed by atoms with Gasteiger partial charge in [0.25, 0.3) is 0 Å². The van der Waals surface area contributed by atoms with E-state index in [1.165, 1.54) is 93.2 Å². The van der Waals surface area contributed by atoms with Crippen LogP contribution in [-0.4, -0.2) is 0 Å². The molecule has 0 fully saturated rings. The Kier molecular flexibility index (Phi) is 5.81. The van der Waals surface area contributed by atoms with Gasteiger partial charge in [0.05, 0.1) is 0 Å². The fourth-order valence-corrected chi connectivity index (χ4v) is 8.46. The molecule has 0 N–H and O–H groups in total. The van der Waals surface area contributed by atoms with E-state index >= 15 is 0 Å². The predicted molar refractivity (Wildman–Crippen MR) is 205 cm³/mol. The zero-order chi connectivity index (χ0) is 31.8. The fourth-order valence-electron chi connectivity index (χ4n) is 8.46. The molecule has 0 aromatic heterocycles. The number of benzene rings is 9. The van der Waals surface area contributed by atoms with Crippen LogP contribution in [0, 0.1) is 0 Å². The first-order chi connectivity index (χ1) is 23.7. The molecule has 1 aliphatic carbocycles. The third-order valence-corrected chi connectivity index (χ3v) is 10.9. The summed E-state index contributed by atoms with van der Waals surface area (Å²) < 4.78 is 0. The van der Waals surface area contributed by atoms with Crippen LogP contribution in [0.2, 0.25) is 0 Å². The minimum Gasteiger partial charge on any atom is -0.0622 e. The molecular weight excluding hydrogens is 577 g/mol. The molecular formula is C48H32. The van der Waals surface area contributed by atoms with Crippen molar-refractivity contribution in [3.05, 3.63) is 193 Å². The van der Waals surface area contributed by atoms with E-state index in [0.717, 1.165) is 0 Å². The summed E-state index contributed by atoms with van der Waals surface area (Å²) in [5.41, 5.74) is 11.5. The molecule has 0 radical (unpaired) electrons. The quantitative estimate of drug-likeness (QED) is 0.138. The maximum Gasteiger partial charge on any atom is 0.0435 e. The van der Waals surface area contributed by atoms with Crippen molar-refractivity contribution < 1.29 is 0 Å². The Balaban J connectivity index is 1.19. The average Bonchev–Trinajstić information content (AvgIpc) is 3.40. The van der Waals surface area contributed by atoms with E-state index in [9.17, 15) is 0 Å². The number of rotatable bonds is 3. The molecule has 0 nitrogen and oxygen atoms in total. The van der Waals surface area contributed by atoms with Crippen molar-refractivity contribution in [1.29, 1.82) is 0 Å². The van der Waals surface area contributed by atoms with Crippen molar-refractivity contribution in [3.63, 3.8) is 0 Å². The zero-order valence-electron chi connectivity index (χ0n) is 26.7. The highest BCUT2D eigenvalue weighted by atomic mass is 14.4. The number of hydrogen-bond donors (Lipinski definition) is 0. The van der Waals surface area contributed by atoms with Crippen LogP contribution in [0.25, 0.3) is 76.5 Å². The predicted octanol–water partition coefficient (Wildman–Crippen LogP) is 13.0. The topological polar surface area (TPSA) is 0 Å². The lowest BCUT2D eigenvalue weighted by Crippen LogP contribution is -2.22. The Morgan fingerprint density at radius 1 is 0.333 bits per heavy atom. The molecule has 0 saturated carbocycles. The van der Waals surface area contributed by atoms with Gasteiger partial charge < -0.3 is 0 Å². The van der Waals surface area contributed by atoms with Crippen molar-refractivity contribution in [2.45, 2.75) is 12.3 Å². The second-order valence-corrected chi connectivity index (χ2v) is 13.4. The minimum atomic E-state index is -0.267. The van der Waals surface area contributed by atoms with E-state index in [2.05, 4.69) is 183 Å². The molecule has 9 aromatic rings. The third kappa shape index (κ3) is 3.90. The van der Waals surface area contributed by atoms with Crippen molar-refractivity contribution in [2.75, 3.05) is 0 Å². The van der Waals surface area contributed by atoms with Crippen LogP contribution in [0.3, 0.4) is 0 Å². The lowest BCUT2D eigenvalue weighted by molar-refractivity contribution is 0.715. The van der Waals surface area contributed by atoms with E-state index in [-0.39, 0.29) is 5.41 Å². The van der Waals surface area contributed by atoms with Crippen LogP contribution in [0.5, 0.6) is 0 Å². The summed E-state index contributed by atoms with van der Waals surface area (Å²) >= 11 is 0. The van der Waals surface area contributed by atoms with Crippen LogP contribution in [0.15, 0.2) is 176 Å². The maximum absolute atomic E-state index is 2.46. The molecule has 1 unspecified atom stereocenters. The van der Waals surface area contributed by atoms with Gasteiger partial charge in [-0.1, -0.05) is 146 Å². The van der Waals surface area contributed by atoms with Crippen molar-refractivity contribution in [1.82, 2.24) is 0 Å². The molecule has 224 valence electrons. The third-order valence-electron chi connectivity index (χ3n) is 10.9. The summed E-state index contributed by atoms with van der Waals surface area (Å²) in [6.07, 6.45) is 0. The van der Waals surface area contributed by atoms with Gasteiger partial charge in [-0.05, 0) is 130 Å². The molecule has 0 aliphatic heterocycles. The Labute approximate surface area is 280 Å². The van der Waals surface area contributed by atoms with Crippen molar-refractivity contribution in [2.24, 2.45) is 0 Å². The summed E-state index contributed by atoms with van der Waals surface area (Å²) in [4.78, 5) is 0. The van der Waals surface area contributed by atoms with Gasteiger partial charge in [0.2, 0.25) is 0 Å². The van der Waals surface area contributed by atoms with Crippen LogP contribution < -0.4 is 0 Å². The van der Waals surface area contributed by atoms with Crippen LogP contribution in [-0.2, 0) is 5.41 Å². The molecule has 10 rings (SSSR count). The molecule has 9 aromatic carbocycles. The lowest BCUT2D eigenvalue weighted by Gasteiger charge is -2.29. The summed E-state index contributed by atoms with van der Waals surface area (Å²) in [6.45, 7) is 2.41. The van der Waals surface area contributed by atoms with E-state index in [4.69, 9.17) is 0 Å². The summed E-state index contributed by atoms with van der Waals surface area (Å²) in [6, 6.07) is 65.4. The molecule has 0 bridgehead atoms. The highest BCUT2D eigenvalue weighted by Crippen LogP contribution is 2.54. The first kappa shape index (κ1) is 27.2. The first-order valence-electron chi connectivity index (χ1n) is 16.8. The molecule has 48 heavy (non-hydrogen) atoms. The van der Waals surface area contributed by atoms with Crippen LogP contribution in [0.1, 0.15) is 23.6 Å². The van der Waals surface area contributed by atoms with Gasteiger partial charge in [0.1, 0.15) is 0 Å². The van der Waals surface area contributed by atoms with Gasteiger partial charge in [-0.2, -0.15) is 0 Å². The first-order valence-corrected chi connectivity index (χ1v) is 16.8. The highest BCUT2D eigenvalue weighted by molar-refractivity contribution is 6.20. The Morgan fingerprint density at radius 2 is 0.979 bits per heavy atom. The molecule has 0 spiro atoms. The van der Waals surface area contributed by atoms with E-state index in [0.29, 0.717) is 0 Å². The van der Waals surface area contributed by atoms with Gasteiger partial charge in [-0.25, -0.2) is 0 Å². The van der Waals surface area contributed by atoms with Gasteiger partial charge in [0, 0.05) is 5.41 Å². The van der Waals surface area contributed by atoms with Gasteiger partial charge >= 0.3 is 0 Å². The van der Waals surface area contributed by atoms with E-state index in [1.807, 2.05) is 0 Å². The minimum absolute atomic E-state index is 0.267. The van der Waals surface area contributed by atoms with Gasteiger partial charge in [0.15, 0.2) is 0 Å². The summed E-state index contributed by atoms with van der Waals surface area (Å²) in [7, 11) is 0. The number of hydrogen-bond acceptors (Lipinski definition) is 0. The van der Waals surface area contributed by atoms with E-state index < -0.39 is 0 Å². The van der Waals surface area contributed by atoms with E-state index in [1.54, 1.807) is 0 Å². The SMILES string of the molecule is CC1(c2ccccc2)c2cc(-c3cccc(-c4c5ccccc5cc5c4ccc4ccccc45)c3)ccc2-c2cc3ccccc3cc21. The second-order valence-electron chi connectivity index (χ2n) is 13.4. The Bertz CT molecular complexity index is 2730. The summed E-state index contributed by atoms with van der Waals surface area (Å²) in [5.74, 6) is 0. The van der Waals surface area contributed by atoms with Crippen molar-refractivity contribution in [3.8, 4) is 33.4 Å². The highest BCUT2D eigenvalue weighted by Gasteiger charge is 2.41. The normalized spacial score (nSPS) is 15.3. The molecule has 0 heteroatoms. The number of fused-ring (bicyclic) bond motifs is 8. The van der Waals surface area contributed by atoms with Crippen molar-refractivity contribution >= 4 is 43.1 Å². The molecule has 0 saturated heterocycles. The second kappa shape index (κ2) is 10.3. The largest absolute Gasteiger partial charge is 0.0622 e. The molecule has 1 aliphatic rings. The van der Waals surface area contributed by atoms with Gasteiger partial charge in [-0.15, -0.1) is 0 Å². The maximum atomic E-state index is 2.46. The fraction of sp³-hybridized carbons (Fsp3) is 0.0417. The zero-order valence-corrected chi connectivity index (χ0v) is 26.7. The van der Waals surface area contributed by atoms with Gasteiger partial charge in [-0.3, -0.25) is 0 Å². The molecule has 1 atom stereocenters. The summed E-state index contributed by atoms with van der Waals surface area (Å²) in [5, 5.41) is 10.3. The monoisotopic (exact) mass is 608 g/mol. The van der Waals surface area contributed by atoms with Crippen LogP contribution in [0.4, 0.5) is 0 Å². The Morgan fingerprint density at radius 3 is 1.81 bits per heavy atom. The van der Waals surface area contributed by atoms with Crippen LogP contribution >= 0.6 is 0 Å². The average molecular weight is 609 g/mol. The standard InChI is InChI=1S/C48H32/c1-48(38-18-3-2-4-19-38)45-30-35(23-24-41(45)44-27-33-13-5-6-14-34(33)29-46(44)48)32-16-11-17-37(26-32)47-40-21-10-8-15-36(40)28-43-39-20-9-7-12-31(39)22-25-42(43)47/h2-30H,1H3. The Hall–Kier alpha value is -5.98. The lowest BCUT2D eigenvalue weighted by atomic mass is 9.73. The molecule has 0 heterocycles. The molecule has 0 amide bonds.